The normalized spacial score (nSPS) is 12.9. The molecule has 7 heteroatoms. The third-order valence-corrected chi connectivity index (χ3v) is 4.51. The van der Waals surface area contributed by atoms with Crippen molar-refractivity contribution in [3.05, 3.63) is 0 Å². The minimum Gasteiger partial charge on any atom is -0.330 e. The standard InChI is InChI=1S/C11H28N4O2S/c1-11(2)14(3)9-6-8-13-18(16,17)15(4)10-5-7-12/h11,13H,5-10,12H2,1-4H3. The van der Waals surface area contributed by atoms with E-state index in [0.29, 0.717) is 32.1 Å². The van der Waals surface area contributed by atoms with Crippen molar-refractivity contribution in [3.63, 3.8) is 0 Å². The molecule has 0 aromatic carbocycles. The number of nitrogens with one attached hydrogen (secondary N) is 1. The summed E-state index contributed by atoms with van der Waals surface area (Å²) in [7, 11) is 0.261. The Kier molecular flexibility index (Phi) is 8.71. The summed E-state index contributed by atoms with van der Waals surface area (Å²) in [5.41, 5.74) is 5.36. The SMILES string of the molecule is CC(C)N(C)CCCNS(=O)(=O)N(C)CCCN. The van der Waals surface area contributed by atoms with E-state index in [9.17, 15) is 8.42 Å². The molecule has 0 unspecified atom stereocenters. The van der Waals surface area contributed by atoms with Crippen molar-refractivity contribution >= 4 is 10.2 Å². The summed E-state index contributed by atoms with van der Waals surface area (Å²) in [6.07, 6.45) is 1.48. The van der Waals surface area contributed by atoms with E-state index >= 15 is 0 Å². The van der Waals surface area contributed by atoms with Crippen LogP contribution in [0.25, 0.3) is 0 Å². The molecule has 0 atom stereocenters. The first-order valence-electron chi connectivity index (χ1n) is 6.42. The van der Waals surface area contributed by atoms with Gasteiger partial charge >= 0.3 is 0 Å². The molecule has 0 saturated heterocycles. The number of rotatable bonds is 10. The smallest absolute Gasteiger partial charge is 0.279 e. The molecule has 0 aliphatic rings. The van der Waals surface area contributed by atoms with Gasteiger partial charge in [-0.3, -0.25) is 0 Å². The third kappa shape index (κ3) is 7.27. The number of hydrogen-bond donors (Lipinski definition) is 2. The zero-order valence-corrected chi connectivity index (χ0v) is 12.8. The zero-order valence-electron chi connectivity index (χ0n) is 12.0. The molecule has 0 aromatic heterocycles. The Morgan fingerprint density at radius 3 is 2.28 bits per heavy atom. The average molecular weight is 280 g/mol. The Labute approximate surface area is 112 Å². The van der Waals surface area contributed by atoms with Crippen LogP contribution in [0.5, 0.6) is 0 Å². The molecule has 0 bridgehead atoms. The Balaban J connectivity index is 3.90. The highest BCUT2D eigenvalue weighted by atomic mass is 32.2. The van der Waals surface area contributed by atoms with Crippen LogP contribution < -0.4 is 10.5 Å². The summed E-state index contributed by atoms with van der Waals surface area (Å²) in [4.78, 5) is 2.19. The Bertz CT molecular complexity index is 306. The van der Waals surface area contributed by atoms with Gasteiger partial charge in [0, 0.05) is 26.2 Å². The second kappa shape index (κ2) is 8.82. The summed E-state index contributed by atoms with van der Waals surface area (Å²) in [5, 5.41) is 0. The van der Waals surface area contributed by atoms with Crippen molar-refractivity contribution < 1.29 is 8.42 Å². The maximum atomic E-state index is 11.8. The molecule has 0 heterocycles. The molecule has 0 aromatic rings. The Morgan fingerprint density at radius 2 is 1.78 bits per heavy atom. The van der Waals surface area contributed by atoms with Crippen molar-refractivity contribution in [1.82, 2.24) is 13.9 Å². The average Bonchev–Trinajstić information content (AvgIpc) is 2.30. The molecule has 0 radical (unpaired) electrons. The lowest BCUT2D eigenvalue weighted by molar-refractivity contribution is 0.271. The van der Waals surface area contributed by atoms with Gasteiger partial charge in [-0.15, -0.1) is 0 Å². The van der Waals surface area contributed by atoms with Crippen LogP contribution in [0.15, 0.2) is 0 Å². The molecule has 0 spiro atoms. The van der Waals surface area contributed by atoms with E-state index in [4.69, 9.17) is 5.73 Å². The van der Waals surface area contributed by atoms with Crippen molar-refractivity contribution in [2.75, 3.05) is 40.3 Å². The predicted molar refractivity (Wildman–Crippen MR) is 75.6 cm³/mol. The molecule has 0 aliphatic heterocycles. The van der Waals surface area contributed by atoms with E-state index in [0.717, 1.165) is 13.0 Å². The molecule has 0 aliphatic carbocycles. The van der Waals surface area contributed by atoms with E-state index in [1.807, 2.05) is 7.05 Å². The molecule has 0 saturated carbocycles. The fourth-order valence-electron chi connectivity index (χ4n) is 1.33. The molecule has 0 fully saturated rings. The third-order valence-electron chi connectivity index (χ3n) is 2.94. The number of nitrogens with zero attached hydrogens (tertiary/aromatic N) is 2. The van der Waals surface area contributed by atoms with E-state index in [1.165, 1.54) is 4.31 Å². The molecule has 3 N–H and O–H groups in total. The Hall–Kier alpha value is -0.210. The number of hydrogen-bond acceptors (Lipinski definition) is 4. The van der Waals surface area contributed by atoms with Crippen LogP contribution in [-0.2, 0) is 10.2 Å². The predicted octanol–water partition coefficient (Wildman–Crippen LogP) is -0.168. The summed E-state index contributed by atoms with van der Waals surface area (Å²) in [5.74, 6) is 0. The summed E-state index contributed by atoms with van der Waals surface area (Å²) >= 11 is 0. The molecular weight excluding hydrogens is 252 g/mol. The second-order valence-electron chi connectivity index (χ2n) is 4.79. The van der Waals surface area contributed by atoms with Gasteiger partial charge in [-0.2, -0.15) is 12.7 Å². The van der Waals surface area contributed by atoms with E-state index in [1.54, 1.807) is 7.05 Å². The molecule has 6 nitrogen and oxygen atoms in total. The Morgan fingerprint density at radius 1 is 1.17 bits per heavy atom. The van der Waals surface area contributed by atoms with Crippen molar-refractivity contribution in [3.8, 4) is 0 Å². The largest absolute Gasteiger partial charge is 0.330 e. The molecule has 0 amide bonds. The highest BCUT2D eigenvalue weighted by molar-refractivity contribution is 7.87. The lowest BCUT2D eigenvalue weighted by Gasteiger charge is -2.21. The quantitative estimate of drug-likeness (QED) is 0.545. The second-order valence-corrected chi connectivity index (χ2v) is 6.65. The van der Waals surface area contributed by atoms with Crippen LogP contribution in [-0.4, -0.2) is 63.9 Å². The molecule has 0 rings (SSSR count). The first-order valence-corrected chi connectivity index (χ1v) is 7.86. The zero-order chi connectivity index (χ0) is 14.2. The van der Waals surface area contributed by atoms with Crippen LogP contribution in [0.2, 0.25) is 0 Å². The highest BCUT2D eigenvalue weighted by Crippen LogP contribution is 1.97. The highest BCUT2D eigenvalue weighted by Gasteiger charge is 2.15. The van der Waals surface area contributed by atoms with Crippen LogP contribution in [0.4, 0.5) is 0 Å². The summed E-state index contributed by atoms with van der Waals surface area (Å²) in [6, 6.07) is 0.480. The van der Waals surface area contributed by atoms with E-state index in [2.05, 4.69) is 23.5 Å². The monoisotopic (exact) mass is 280 g/mol. The number of nitrogens with two attached hydrogens (primary N) is 1. The topological polar surface area (TPSA) is 78.7 Å². The molecular formula is C11H28N4O2S. The fraction of sp³-hybridized carbons (Fsp3) is 1.00. The van der Waals surface area contributed by atoms with Crippen molar-refractivity contribution in [2.45, 2.75) is 32.7 Å². The van der Waals surface area contributed by atoms with E-state index < -0.39 is 10.2 Å². The summed E-state index contributed by atoms with van der Waals surface area (Å²) < 4.78 is 27.5. The maximum absolute atomic E-state index is 11.8. The fourth-order valence-corrected chi connectivity index (χ4v) is 2.32. The van der Waals surface area contributed by atoms with Gasteiger partial charge in [-0.05, 0) is 46.8 Å². The minimum absolute atomic E-state index is 0.456. The van der Waals surface area contributed by atoms with Gasteiger partial charge in [0.15, 0.2) is 0 Å². The summed E-state index contributed by atoms with van der Waals surface area (Å²) in [6.45, 7) is 6.53. The first-order chi connectivity index (χ1) is 8.31. The first kappa shape index (κ1) is 17.8. The lowest BCUT2D eigenvalue weighted by atomic mass is 10.3. The van der Waals surface area contributed by atoms with Crippen LogP contribution in [0, 0.1) is 0 Å². The van der Waals surface area contributed by atoms with Gasteiger partial charge in [0.25, 0.3) is 10.2 Å². The van der Waals surface area contributed by atoms with Crippen molar-refractivity contribution in [2.24, 2.45) is 5.73 Å². The molecule has 18 heavy (non-hydrogen) atoms. The van der Waals surface area contributed by atoms with Gasteiger partial charge in [0.05, 0.1) is 0 Å². The molecule has 110 valence electrons. The van der Waals surface area contributed by atoms with E-state index in [-0.39, 0.29) is 0 Å². The van der Waals surface area contributed by atoms with Crippen molar-refractivity contribution in [1.29, 1.82) is 0 Å². The minimum atomic E-state index is -3.34. The van der Waals surface area contributed by atoms with Crippen LogP contribution >= 0.6 is 0 Å². The lowest BCUT2D eigenvalue weighted by Crippen LogP contribution is -2.40. The van der Waals surface area contributed by atoms with Gasteiger partial charge in [0.1, 0.15) is 0 Å². The van der Waals surface area contributed by atoms with Crippen LogP contribution in [0.3, 0.4) is 0 Å². The van der Waals surface area contributed by atoms with Gasteiger partial charge in [-0.25, -0.2) is 4.72 Å². The van der Waals surface area contributed by atoms with Gasteiger partial charge in [0.2, 0.25) is 0 Å². The van der Waals surface area contributed by atoms with Gasteiger partial charge < -0.3 is 10.6 Å². The van der Waals surface area contributed by atoms with Gasteiger partial charge in [-0.1, -0.05) is 0 Å². The maximum Gasteiger partial charge on any atom is 0.279 e. The van der Waals surface area contributed by atoms with Crippen LogP contribution in [0.1, 0.15) is 26.7 Å².